The van der Waals surface area contributed by atoms with Gasteiger partial charge in [0.25, 0.3) is 0 Å². The molecule has 1 aromatic rings. The standard InChI is InChI=1S/C10H20N4O/c1-7(5-4-6-15)12-10-9(11)8(2)13-14(10)3/h7,12,15H,4-6,11H2,1-3H3. The summed E-state index contributed by atoms with van der Waals surface area (Å²) < 4.78 is 1.75. The first-order chi connectivity index (χ1) is 7.06. The van der Waals surface area contributed by atoms with Crippen molar-refractivity contribution in [3.63, 3.8) is 0 Å². The largest absolute Gasteiger partial charge is 0.396 e. The van der Waals surface area contributed by atoms with E-state index in [1.807, 2.05) is 14.0 Å². The van der Waals surface area contributed by atoms with E-state index in [-0.39, 0.29) is 12.6 Å². The molecule has 1 aromatic heterocycles. The van der Waals surface area contributed by atoms with E-state index in [9.17, 15) is 0 Å². The lowest BCUT2D eigenvalue weighted by Crippen LogP contribution is -2.18. The van der Waals surface area contributed by atoms with Crippen LogP contribution in [-0.2, 0) is 7.05 Å². The summed E-state index contributed by atoms with van der Waals surface area (Å²) in [5, 5.41) is 16.2. The highest BCUT2D eigenvalue weighted by atomic mass is 16.2. The minimum absolute atomic E-state index is 0.228. The maximum atomic E-state index is 8.72. The second-order valence-electron chi connectivity index (χ2n) is 3.88. The number of hydrogen-bond donors (Lipinski definition) is 3. The Kier molecular flexibility index (Phi) is 3.96. The fourth-order valence-corrected chi connectivity index (χ4v) is 1.55. The molecule has 5 nitrogen and oxygen atoms in total. The summed E-state index contributed by atoms with van der Waals surface area (Å²) in [5.41, 5.74) is 7.43. The average Bonchev–Trinajstić information content (AvgIpc) is 2.42. The van der Waals surface area contributed by atoms with Gasteiger partial charge < -0.3 is 16.2 Å². The second kappa shape index (κ2) is 5.02. The number of aromatic nitrogens is 2. The smallest absolute Gasteiger partial charge is 0.147 e. The molecule has 0 saturated carbocycles. The van der Waals surface area contributed by atoms with Crippen LogP contribution < -0.4 is 11.1 Å². The summed E-state index contributed by atoms with van der Waals surface area (Å²) in [7, 11) is 1.87. The molecule has 0 radical (unpaired) electrons. The van der Waals surface area contributed by atoms with Crippen LogP contribution in [0.15, 0.2) is 0 Å². The van der Waals surface area contributed by atoms with Gasteiger partial charge in [-0.25, -0.2) is 0 Å². The van der Waals surface area contributed by atoms with Crippen molar-refractivity contribution in [1.82, 2.24) is 9.78 Å². The fourth-order valence-electron chi connectivity index (χ4n) is 1.55. The lowest BCUT2D eigenvalue weighted by Gasteiger charge is -2.15. The first kappa shape index (κ1) is 11.8. The van der Waals surface area contributed by atoms with Crippen molar-refractivity contribution in [3.8, 4) is 0 Å². The third-order valence-corrected chi connectivity index (χ3v) is 2.45. The second-order valence-corrected chi connectivity index (χ2v) is 3.88. The zero-order valence-corrected chi connectivity index (χ0v) is 9.62. The SMILES string of the molecule is Cc1nn(C)c(NC(C)CCCO)c1N. The van der Waals surface area contributed by atoms with Crippen molar-refractivity contribution in [2.45, 2.75) is 32.7 Å². The van der Waals surface area contributed by atoms with Crippen molar-refractivity contribution in [2.24, 2.45) is 7.05 Å². The molecule has 15 heavy (non-hydrogen) atoms. The van der Waals surface area contributed by atoms with Gasteiger partial charge in [-0.2, -0.15) is 5.10 Å². The maximum Gasteiger partial charge on any atom is 0.147 e. The molecule has 1 rings (SSSR count). The van der Waals surface area contributed by atoms with Crippen molar-refractivity contribution in [2.75, 3.05) is 17.7 Å². The number of hydrogen-bond acceptors (Lipinski definition) is 4. The van der Waals surface area contributed by atoms with Crippen LogP contribution in [0.25, 0.3) is 0 Å². The van der Waals surface area contributed by atoms with Gasteiger partial charge in [-0.15, -0.1) is 0 Å². The van der Waals surface area contributed by atoms with Crippen LogP contribution in [0.3, 0.4) is 0 Å². The molecule has 0 spiro atoms. The fraction of sp³-hybridized carbons (Fsp3) is 0.700. The van der Waals surface area contributed by atoms with Crippen LogP contribution in [0.1, 0.15) is 25.5 Å². The Bertz CT molecular complexity index is 321. The van der Waals surface area contributed by atoms with E-state index in [0.29, 0.717) is 5.69 Å². The molecular weight excluding hydrogens is 192 g/mol. The normalized spacial score (nSPS) is 12.8. The van der Waals surface area contributed by atoms with E-state index in [4.69, 9.17) is 10.8 Å². The number of rotatable bonds is 5. The highest BCUT2D eigenvalue weighted by molar-refractivity contribution is 5.64. The van der Waals surface area contributed by atoms with Gasteiger partial charge in [0, 0.05) is 19.7 Å². The Morgan fingerprint density at radius 1 is 1.60 bits per heavy atom. The number of aryl methyl sites for hydroxylation is 2. The van der Waals surface area contributed by atoms with Crippen LogP contribution in [-0.4, -0.2) is 27.5 Å². The Labute approximate surface area is 90.3 Å². The number of nitrogens with two attached hydrogens (primary N) is 1. The molecule has 0 saturated heterocycles. The number of nitrogens with one attached hydrogen (secondary N) is 1. The number of aliphatic hydroxyl groups is 1. The summed E-state index contributed by atoms with van der Waals surface area (Å²) in [4.78, 5) is 0. The van der Waals surface area contributed by atoms with Gasteiger partial charge in [0.2, 0.25) is 0 Å². The van der Waals surface area contributed by atoms with Crippen LogP contribution >= 0.6 is 0 Å². The minimum atomic E-state index is 0.228. The van der Waals surface area contributed by atoms with Crippen LogP contribution in [0.4, 0.5) is 11.5 Å². The predicted octanol–water partition coefficient (Wildman–Crippen LogP) is 0.884. The molecule has 1 unspecified atom stereocenters. The van der Waals surface area contributed by atoms with Crippen molar-refractivity contribution >= 4 is 11.5 Å². The van der Waals surface area contributed by atoms with Gasteiger partial charge in [0.1, 0.15) is 5.82 Å². The van der Waals surface area contributed by atoms with E-state index in [1.54, 1.807) is 4.68 Å². The summed E-state index contributed by atoms with van der Waals surface area (Å²) >= 11 is 0. The van der Waals surface area contributed by atoms with E-state index in [1.165, 1.54) is 0 Å². The lowest BCUT2D eigenvalue weighted by atomic mass is 10.2. The summed E-state index contributed by atoms with van der Waals surface area (Å²) in [6, 6.07) is 0.286. The Balaban J connectivity index is 2.63. The molecule has 0 bridgehead atoms. The maximum absolute atomic E-state index is 8.72. The third kappa shape index (κ3) is 2.86. The lowest BCUT2D eigenvalue weighted by molar-refractivity contribution is 0.282. The molecule has 0 aliphatic rings. The number of aliphatic hydroxyl groups excluding tert-OH is 1. The average molecular weight is 212 g/mol. The molecule has 86 valence electrons. The molecule has 5 heteroatoms. The zero-order chi connectivity index (χ0) is 11.4. The summed E-state index contributed by atoms with van der Waals surface area (Å²) in [5.74, 6) is 0.859. The van der Waals surface area contributed by atoms with Gasteiger partial charge in [-0.3, -0.25) is 4.68 Å². The molecular formula is C10H20N4O. The van der Waals surface area contributed by atoms with Crippen molar-refractivity contribution < 1.29 is 5.11 Å². The van der Waals surface area contributed by atoms with Crippen molar-refractivity contribution in [3.05, 3.63) is 5.69 Å². The molecule has 1 atom stereocenters. The summed E-state index contributed by atoms with van der Waals surface area (Å²) in [6.07, 6.45) is 1.71. The molecule has 4 N–H and O–H groups in total. The zero-order valence-electron chi connectivity index (χ0n) is 9.62. The van der Waals surface area contributed by atoms with E-state index in [0.717, 1.165) is 24.4 Å². The van der Waals surface area contributed by atoms with Gasteiger partial charge in [0.05, 0.1) is 11.4 Å². The molecule has 0 aliphatic carbocycles. The predicted molar refractivity (Wildman–Crippen MR) is 61.8 cm³/mol. The summed E-state index contributed by atoms with van der Waals surface area (Å²) in [6.45, 7) is 4.18. The molecule has 1 heterocycles. The van der Waals surface area contributed by atoms with Crippen LogP contribution in [0, 0.1) is 6.92 Å². The Hall–Kier alpha value is -1.23. The third-order valence-electron chi connectivity index (χ3n) is 2.45. The van der Waals surface area contributed by atoms with Crippen molar-refractivity contribution in [1.29, 1.82) is 0 Å². The molecule has 0 aromatic carbocycles. The van der Waals surface area contributed by atoms with Gasteiger partial charge in [0.15, 0.2) is 0 Å². The number of nitrogens with zero attached hydrogens (tertiary/aromatic N) is 2. The van der Waals surface area contributed by atoms with E-state index < -0.39 is 0 Å². The van der Waals surface area contributed by atoms with Gasteiger partial charge in [-0.1, -0.05) is 0 Å². The highest BCUT2D eigenvalue weighted by Gasteiger charge is 2.11. The van der Waals surface area contributed by atoms with Crippen LogP contribution in [0.5, 0.6) is 0 Å². The monoisotopic (exact) mass is 212 g/mol. The van der Waals surface area contributed by atoms with E-state index in [2.05, 4.69) is 17.3 Å². The molecule has 0 amide bonds. The van der Waals surface area contributed by atoms with Gasteiger partial charge in [-0.05, 0) is 26.7 Å². The number of nitrogen functional groups attached to an aromatic ring is 1. The number of anilines is 2. The first-order valence-corrected chi connectivity index (χ1v) is 5.22. The Morgan fingerprint density at radius 3 is 2.73 bits per heavy atom. The molecule has 0 aliphatic heterocycles. The first-order valence-electron chi connectivity index (χ1n) is 5.22. The Morgan fingerprint density at radius 2 is 2.27 bits per heavy atom. The highest BCUT2D eigenvalue weighted by Crippen LogP contribution is 2.22. The van der Waals surface area contributed by atoms with Gasteiger partial charge >= 0.3 is 0 Å². The van der Waals surface area contributed by atoms with E-state index >= 15 is 0 Å². The topological polar surface area (TPSA) is 76.1 Å². The van der Waals surface area contributed by atoms with Crippen LogP contribution in [0.2, 0.25) is 0 Å². The quantitative estimate of drug-likeness (QED) is 0.677. The minimum Gasteiger partial charge on any atom is -0.396 e. The molecule has 0 fully saturated rings.